The van der Waals surface area contributed by atoms with E-state index in [0.717, 1.165) is 6.07 Å². The molecule has 0 saturated carbocycles. The van der Waals surface area contributed by atoms with Crippen LogP contribution in [0.3, 0.4) is 0 Å². The lowest BCUT2D eigenvalue weighted by Gasteiger charge is -2.35. The van der Waals surface area contributed by atoms with Gasteiger partial charge in [0.25, 0.3) is 6.43 Å². The van der Waals surface area contributed by atoms with Crippen LogP contribution >= 0.6 is 0 Å². The van der Waals surface area contributed by atoms with Gasteiger partial charge >= 0.3 is 0 Å². The summed E-state index contributed by atoms with van der Waals surface area (Å²) in [6, 6.07) is 17.7. The van der Waals surface area contributed by atoms with Crippen LogP contribution in [0.4, 0.5) is 24.5 Å². The summed E-state index contributed by atoms with van der Waals surface area (Å²) in [7, 11) is 0. The van der Waals surface area contributed by atoms with Gasteiger partial charge in [-0.1, -0.05) is 36.4 Å². The third-order valence-electron chi connectivity index (χ3n) is 4.34. The molecule has 5 heteroatoms. The summed E-state index contributed by atoms with van der Waals surface area (Å²) in [6.07, 6.45) is -2.82. The zero-order valence-corrected chi connectivity index (χ0v) is 13.3. The average Bonchev–Trinajstić information content (AvgIpc) is 2.58. The second-order valence-electron chi connectivity index (χ2n) is 5.86. The van der Waals surface area contributed by atoms with Gasteiger partial charge in [0, 0.05) is 11.4 Å². The van der Waals surface area contributed by atoms with Crippen molar-refractivity contribution in [2.45, 2.75) is 11.8 Å². The lowest BCUT2D eigenvalue weighted by molar-refractivity contribution is 0.0911. The van der Waals surface area contributed by atoms with E-state index in [1.54, 1.807) is 48.5 Å². The maximum atomic E-state index is 14.6. The van der Waals surface area contributed by atoms with Gasteiger partial charge in [0.15, 0.2) is 0 Å². The van der Waals surface area contributed by atoms with Crippen LogP contribution in [0.15, 0.2) is 72.8 Å². The highest BCUT2D eigenvalue weighted by Crippen LogP contribution is 2.44. The topological polar surface area (TPSA) is 52.0 Å². The minimum absolute atomic E-state index is 0.164. The van der Waals surface area contributed by atoms with Crippen molar-refractivity contribution in [1.29, 1.82) is 0 Å². The molecule has 0 aliphatic heterocycles. The molecule has 2 nitrogen and oxygen atoms in total. The van der Waals surface area contributed by atoms with E-state index in [2.05, 4.69) is 0 Å². The summed E-state index contributed by atoms with van der Waals surface area (Å²) < 4.78 is 43.0. The molecule has 0 radical (unpaired) electrons. The molecule has 0 fully saturated rings. The van der Waals surface area contributed by atoms with Crippen molar-refractivity contribution in [1.82, 2.24) is 0 Å². The Bertz CT molecular complexity index is 813. The predicted molar refractivity (Wildman–Crippen MR) is 94.0 cm³/mol. The molecule has 0 bridgehead atoms. The van der Waals surface area contributed by atoms with Crippen LogP contribution in [0.25, 0.3) is 0 Å². The standard InChI is InChI=1S/C20H17F3N2/c21-16-3-1-2-15(12-16)20(19(22)23,13-4-8-17(24)9-5-13)14-6-10-18(25)11-7-14/h1-12,19H,24-25H2. The predicted octanol–water partition coefficient (Wildman–Crippen LogP) is 4.59. The number of nitrogen functional groups attached to an aromatic ring is 2. The molecule has 0 amide bonds. The Hall–Kier alpha value is -2.95. The molecular formula is C20H17F3N2. The minimum atomic E-state index is -2.82. The number of halogens is 3. The monoisotopic (exact) mass is 342 g/mol. The molecule has 0 spiro atoms. The van der Waals surface area contributed by atoms with Gasteiger partial charge in [-0.25, -0.2) is 13.2 Å². The van der Waals surface area contributed by atoms with E-state index in [1.165, 1.54) is 18.2 Å². The van der Waals surface area contributed by atoms with Gasteiger partial charge in [0.05, 0.1) is 0 Å². The van der Waals surface area contributed by atoms with E-state index in [-0.39, 0.29) is 5.56 Å². The van der Waals surface area contributed by atoms with Crippen LogP contribution < -0.4 is 11.5 Å². The van der Waals surface area contributed by atoms with Crippen molar-refractivity contribution < 1.29 is 13.2 Å². The molecule has 3 aromatic rings. The summed E-state index contributed by atoms with van der Waals surface area (Å²) in [6.45, 7) is 0. The second kappa shape index (κ2) is 6.51. The summed E-state index contributed by atoms with van der Waals surface area (Å²) in [5.74, 6) is -0.576. The SMILES string of the molecule is Nc1ccc(C(c2ccc(N)cc2)(c2cccc(F)c2)C(F)F)cc1. The van der Waals surface area contributed by atoms with Gasteiger partial charge in [-0.2, -0.15) is 0 Å². The number of hydrogen-bond donors (Lipinski definition) is 2. The van der Waals surface area contributed by atoms with Gasteiger partial charge < -0.3 is 11.5 Å². The van der Waals surface area contributed by atoms with Crippen molar-refractivity contribution in [3.63, 3.8) is 0 Å². The smallest absolute Gasteiger partial charge is 0.256 e. The van der Waals surface area contributed by atoms with E-state index >= 15 is 0 Å². The first kappa shape index (κ1) is 16.9. The number of rotatable bonds is 4. The third kappa shape index (κ3) is 2.93. The van der Waals surface area contributed by atoms with Crippen LogP contribution in [-0.2, 0) is 5.41 Å². The fraction of sp³-hybridized carbons (Fsp3) is 0.100. The maximum absolute atomic E-state index is 14.6. The van der Waals surface area contributed by atoms with Gasteiger partial charge in [0.2, 0.25) is 0 Å². The summed E-state index contributed by atoms with van der Waals surface area (Å²) in [4.78, 5) is 0. The van der Waals surface area contributed by atoms with E-state index in [4.69, 9.17) is 11.5 Å². The molecule has 0 unspecified atom stereocenters. The number of benzene rings is 3. The fourth-order valence-electron chi connectivity index (χ4n) is 3.10. The van der Waals surface area contributed by atoms with E-state index in [9.17, 15) is 13.2 Å². The highest BCUT2D eigenvalue weighted by molar-refractivity contribution is 5.55. The number of alkyl halides is 2. The van der Waals surface area contributed by atoms with Gasteiger partial charge in [-0.15, -0.1) is 0 Å². The molecule has 3 rings (SSSR count). The Labute approximate surface area is 143 Å². The zero-order valence-electron chi connectivity index (χ0n) is 13.3. The van der Waals surface area contributed by atoms with Crippen molar-refractivity contribution in [2.75, 3.05) is 11.5 Å². The van der Waals surface area contributed by atoms with Crippen molar-refractivity contribution >= 4 is 11.4 Å². The second-order valence-corrected chi connectivity index (χ2v) is 5.86. The Balaban J connectivity index is 2.35. The molecule has 3 aromatic carbocycles. The van der Waals surface area contributed by atoms with Crippen LogP contribution in [0.5, 0.6) is 0 Å². The quantitative estimate of drug-likeness (QED) is 0.538. The van der Waals surface area contributed by atoms with Crippen molar-refractivity contribution in [3.05, 3.63) is 95.3 Å². The Morgan fingerprint density at radius 3 is 1.56 bits per heavy atom. The molecule has 4 N–H and O–H groups in total. The molecule has 0 aliphatic rings. The normalized spacial score (nSPS) is 11.7. The molecule has 128 valence electrons. The van der Waals surface area contributed by atoms with Crippen molar-refractivity contribution in [3.8, 4) is 0 Å². The first-order valence-corrected chi connectivity index (χ1v) is 7.71. The van der Waals surface area contributed by atoms with Crippen LogP contribution in [0, 0.1) is 5.82 Å². The first-order chi connectivity index (χ1) is 11.9. The number of nitrogens with two attached hydrogens (primary N) is 2. The lowest BCUT2D eigenvalue weighted by Crippen LogP contribution is -2.37. The largest absolute Gasteiger partial charge is 0.399 e. The molecule has 0 aliphatic carbocycles. The van der Waals surface area contributed by atoms with Gasteiger partial charge in [0.1, 0.15) is 11.2 Å². The Kier molecular flexibility index (Phi) is 4.40. The fourth-order valence-corrected chi connectivity index (χ4v) is 3.10. The summed E-state index contributed by atoms with van der Waals surface area (Å²) in [5, 5.41) is 0. The van der Waals surface area contributed by atoms with Gasteiger partial charge in [-0.05, 0) is 53.1 Å². The minimum Gasteiger partial charge on any atom is -0.399 e. The Morgan fingerprint density at radius 1 is 0.680 bits per heavy atom. The number of anilines is 2. The van der Waals surface area contributed by atoms with E-state index in [1.807, 2.05) is 0 Å². The molecule has 25 heavy (non-hydrogen) atoms. The van der Waals surface area contributed by atoms with E-state index < -0.39 is 17.7 Å². The maximum Gasteiger partial charge on any atom is 0.256 e. The van der Waals surface area contributed by atoms with E-state index in [0.29, 0.717) is 22.5 Å². The Morgan fingerprint density at radius 2 is 1.16 bits per heavy atom. The molecule has 0 atom stereocenters. The highest BCUT2D eigenvalue weighted by atomic mass is 19.3. The number of hydrogen-bond acceptors (Lipinski definition) is 2. The molecule has 0 heterocycles. The summed E-state index contributed by atoms with van der Waals surface area (Å²) >= 11 is 0. The molecule has 0 aromatic heterocycles. The van der Waals surface area contributed by atoms with Gasteiger partial charge in [-0.3, -0.25) is 0 Å². The molecular weight excluding hydrogens is 325 g/mol. The highest BCUT2D eigenvalue weighted by Gasteiger charge is 2.45. The lowest BCUT2D eigenvalue weighted by atomic mass is 9.69. The van der Waals surface area contributed by atoms with Crippen LogP contribution in [0.2, 0.25) is 0 Å². The van der Waals surface area contributed by atoms with Crippen LogP contribution in [0.1, 0.15) is 16.7 Å². The average molecular weight is 342 g/mol. The first-order valence-electron chi connectivity index (χ1n) is 7.71. The third-order valence-corrected chi connectivity index (χ3v) is 4.34. The van der Waals surface area contributed by atoms with Crippen molar-refractivity contribution in [2.24, 2.45) is 0 Å². The molecule has 0 saturated heterocycles. The summed E-state index contributed by atoms with van der Waals surface area (Å²) in [5.41, 5.74) is 11.3. The van der Waals surface area contributed by atoms with Crippen LogP contribution in [-0.4, -0.2) is 6.43 Å². The zero-order chi connectivity index (χ0) is 18.0.